The van der Waals surface area contributed by atoms with Crippen molar-refractivity contribution >= 4 is 34.7 Å². The Morgan fingerprint density at radius 1 is 1.02 bits per heavy atom. The number of rotatable bonds is 6. The third kappa shape index (κ3) is 9.29. The number of carbonyl (C=O) groups excluding carboxylic acids is 3. The molecule has 0 bridgehead atoms. The van der Waals surface area contributed by atoms with Crippen LogP contribution in [0.3, 0.4) is 0 Å². The molecule has 0 unspecified atom stereocenters. The number of halogens is 3. The fraction of sp³-hybridized carbons (Fsp3) is 0.387. The number of nitrogens with one attached hydrogen (secondary N) is 2. The normalized spacial score (nSPS) is 18.1. The van der Waals surface area contributed by atoms with Gasteiger partial charge in [-0.25, -0.2) is 15.1 Å². The molecule has 13 nitrogen and oxygen atoms in total. The molecule has 2 fully saturated rings. The molecule has 0 spiro atoms. The number of ether oxygens (including phenoxy) is 2. The Morgan fingerprint density at radius 2 is 1.68 bits per heavy atom. The minimum Gasteiger partial charge on any atom is -0.489 e. The average molecular weight is 662 g/mol. The molecule has 0 aliphatic carbocycles. The highest BCUT2D eigenvalue weighted by Crippen LogP contribution is 2.23. The van der Waals surface area contributed by atoms with Crippen LogP contribution in [0.1, 0.15) is 28.0 Å². The second kappa shape index (κ2) is 15.6. The average Bonchev–Trinajstić information content (AvgIpc) is 3.06. The lowest BCUT2D eigenvalue weighted by Crippen LogP contribution is -2.60. The molecule has 0 radical (unpaired) electrons. The minimum atomic E-state index is -5.08. The zero-order valence-corrected chi connectivity index (χ0v) is 25.3. The lowest BCUT2D eigenvalue weighted by molar-refractivity contribution is -0.192. The smallest absolute Gasteiger partial charge is 0.489 e. The van der Waals surface area contributed by atoms with Gasteiger partial charge in [0.15, 0.2) is 0 Å². The van der Waals surface area contributed by atoms with Crippen molar-refractivity contribution in [1.29, 1.82) is 0 Å². The highest BCUT2D eigenvalue weighted by Gasteiger charge is 2.39. The first-order valence-corrected chi connectivity index (χ1v) is 14.6. The number of carbonyl (C=O) groups is 4. The quantitative estimate of drug-likeness (QED) is 0.229. The van der Waals surface area contributed by atoms with Crippen LogP contribution in [-0.2, 0) is 20.9 Å². The summed E-state index contributed by atoms with van der Waals surface area (Å²) in [6, 6.07) is 15.8. The van der Waals surface area contributed by atoms with Crippen molar-refractivity contribution in [3.63, 3.8) is 0 Å². The molecule has 2 saturated heterocycles. The Morgan fingerprint density at radius 3 is 2.32 bits per heavy atom. The summed E-state index contributed by atoms with van der Waals surface area (Å²) >= 11 is 0. The van der Waals surface area contributed by atoms with Gasteiger partial charge in [-0.2, -0.15) is 13.2 Å². The van der Waals surface area contributed by atoms with Crippen LogP contribution >= 0.6 is 0 Å². The first kappa shape index (κ1) is 34.9. The molecule has 252 valence electrons. The third-order valence-electron chi connectivity index (χ3n) is 7.61. The van der Waals surface area contributed by atoms with Crippen molar-refractivity contribution in [2.45, 2.75) is 32.2 Å². The van der Waals surface area contributed by atoms with E-state index in [2.05, 4.69) is 10.3 Å². The predicted octanol–water partition coefficient (Wildman–Crippen LogP) is 3.13. The number of morpholine rings is 1. The van der Waals surface area contributed by atoms with E-state index >= 15 is 0 Å². The zero-order chi connectivity index (χ0) is 34.1. The number of benzene rings is 2. The third-order valence-corrected chi connectivity index (χ3v) is 7.61. The van der Waals surface area contributed by atoms with Gasteiger partial charge in [0.2, 0.25) is 5.91 Å². The van der Waals surface area contributed by atoms with Gasteiger partial charge in [-0.3, -0.25) is 19.8 Å². The van der Waals surface area contributed by atoms with Crippen molar-refractivity contribution in [1.82, 2.24) is 25.6 Å². The van der Waals surface area contributed by atoms with E-state index in [1.54, 1.807) is 39.5 Å². The van der Waals surface area contributed by atoms with Crippen LogP contribution in [0.15, 0.2) is 54.6 Å². The summed E-state index contributed by atoms with van der Waals surface area (Å²) < 4.78 is 43.1. The number of urea groups is 1. The summed E-state index contributed by atoms with van der Waals surface area (Å²) in [5.41, 5.74) is 4.92. The van der Waals surface area contributed by atoms with Crippen LogP contribution in [0, 0.1) is 12.8 Å². The molecule has 2 atom stereocenters. The number of para-hydroxylation sites is 1. The van der Waals surface area contributed by atoms with Gasteiger partial charge in [0.1, 0.15) is 12.4 Å². The molecule has 2 aromatic carbocycles. The number of likely N-dealkylation sites (tertiary alicyclic amines) is 1. The molecule has 0 saturated carbocycles. The molecular weight excluding hydrogens is 627 g/mol. The maximum atomic E-state index is 13.1. The molecule has 2 aliphatic heterocycles. The number of aromatic nitrogens is 1. The Hall–Kier alpha value is -4.96. The van der Waals surface area contributed by atoms with Gasteiger partial charge in [-0.05, 0) is 49.7 Å². The summed E-state index contributed by atoms with van der Waals surface area (Å²) in [6.45, 7) is 4.75. The number of amides is 4. The van der Waals surface area contributed by atoms with Gasteiger partial charge in [0, 0.05) is 48.4 Å². The van der Waals surface area contributed by atoms with E-state index in [1.165, 1.54) is 0 Å². The standard InChI is InChI=1S/C29H33N5O6.C2HF3O2/c1-19-16-21(23-4-2-3-5-25(23)30-19)18-40-22-8-6-20(7-9-22)27(35)31-26-17-34(11-10-24(26)28(36)32-38)29(37)33-12-14-39-15-13-33;3-2(4,5)1(6)7/h2-9,16,24,26,38H,10-15,17-18H2,1H3,(H,31,35)(H,32,36);(H,6,7)/t24-,26+;/m0./s1. The van der Waals surface area contributed by atoms with Gasteiger partial charge < -0.3 is 29.7 Å². The van der Waals surface area contributed by atoms with E-state index in [9.17, 15) is 32.8 Å². The van der Waals surface area contributed by atoms with E-state index in [0.29, 0.717) is 57.2 Å². The fourth-order valence-electron chi connectivity index (χ4n) is 5.25. The number of pyridine rings is 1. The van der Waals surface area contributed by atoms with Gasteiger partial charge in [0.25, 0.3) is 5.91 Å². The van der Waals surface area contributed by atoms with Gasteiger partial charge >= 0.3 is 18.2 Å². The molecule has 4 amide bonds. The van der Waals surface area contributed by atoms with Crippen LogP contribution < -0.4 is 15.5 Å². The van der Waals surface area contributed by atoms with Crippen LogP contribution in [0.5, 0.6) is 5.75 Å². The molecule has 16 heteroatoms. The van der Waals surface area contributed by atoms with Crippen molar-refractivity contribution in [3.05, 3.63) is 71.4 Å². The number of hydrogen-bond donors (Lipinski definition) is 4. The first-order chi connectivity index (χ1) is 22.4. The van der Waals surface area contributed by atoms with Crippen LogP contribution in [0.2, 0.25) is 0 Å². The van der Waals surface area contributed by atoms with Gasteiger partial charge in [0.05, 0.1) is 30.7 Å². The maximum absolute atomic E-state index is 13.1. The summed E-state index contributed by atoms with van der Waals surface area (Å²) in [5, 5.41) is 20.3. The molecule has 4 N–H and O–H groups in total. The molecule has 3 heterocycles. The Kier molecular flexibility index (Phi) is 11.6. The summed E-state index contributed by atoms with van der Waals surface area (Å²) in [4.78, 5) is 55.3. The number of carboxylic acid groups (broad SMARTS) is 1. The zero-order valence-electron chi connectivity index (χ0n) is 25.3. The van der Waals surface area contributed by atoms with Crippen LogP contribution in [0.25, 0.3) is 10.9 Å². The van der Waals surface area contributed by atoms with E-state index in [1.807, 2.05) is 37.3 Å². The van der Waals surface area contributed by atoms with Crippen molar-refractivity contribution in [2.24, 2.45) is 5.92 Å². The van der Waals surface area contributed by atoms with Crippen LogP contribution in [0.4, 0.5) is 18.0 Å². The number of hydrogen-bond acceptors (Lipinski definition) is 8. The summed E-state index contributed by atoms with van der Waals surface area (Å²) in [6.07, 6.45) is -4.77. The Labute approximate surface area is 267 Å². The number of aliphatic carboxylic acids is 1. The van der Waals surface area contributed by atoms with E-state index < -0.39 is 30.0 Å². The second-order valence-corrected chi connectivity index (χ2v) is 10.8. The fourth-order valence-corrected chi connectivity index (χ4v) is 5.25. The van der Waals surface area contributed by atoms with Gasteiger partial charge in [-0.15, -0.1) is 0 Å². The lowest BCUT2D eigenvalue weighted by atomic mass is 9.90. The lowest BCUT2D eigenvalue weighted by Gasteiger charge is -2.40. The Bertz CT molecular complexity index is 1580. The first-order valence-electron chi connectivity index (χ1n) is 14.6. The number of aryl methyl sites for hydroxylation is 1. The van der Waals surface area contributed by atoms with Crippen molar-refractivity contribution < 1.29 is 52.1 Å². The number of nitrogens with zero attached hydrogens (tertiary/aromatic N) is 3. The number of piperidine rings is 1. The molecule has 1 aromatic heterocycles. The van der Waals surface area contributed by atoms with E-state index in [4.69, 9.17) is 19.4 Å². The van der Waals surface area contributed by atoms with E-state index in [-0.39, 0.29) is 18.5 Å². The monoisotopic (exact) mass is 661 g/mol. The predicted molar refractivity (Wildman–Crippen MR) is 160 cm³/mol. The topological polar surface area (TPSA) is 171 Å². The van der Waals surface area contributed by atoms with Crippen molar-refractivity contribution in [3.8, 4) is 5.75 Å². The van der Waals surface area contributed by atoms with Crippen LogP contribution in [-0.4, -0.2) is 101 Å². The van der Waals surface area contributed by atoms with Crippen molar-refractivity contribution in [2.75, 3.05) is 39.4 Å². The van der Waals surface area contributed by atoms with E-state index in [0.717, 1.165) is 22.2 Å². The molecule has 3 aromatic rings. The summed E-state index contributed by atoms with van der Waals surface area (Å²) in [5.74, 6) is -3.81. The summed E-state index contributed by atoms with van der Waals surface area (Å²) in [7, 11) is 0. The number of fused-ring (bicyclic) bond motifs is 1. The SMILES string of the molecule is Cc1cc(COc2ccc(C(=O)N[C@@H]3CN(C(=O)N4CCOCC4)CC[C@@H]3C(=O)NO)cc2)c2ccccc2n1.O=C(O)C(F)(F)F. The largest absolute Gasteiger partial charge is 0.490 e. The highest BCUT2D eigenvalue weighted by molar-refractivity contribution is 5.95. The minimum absolute atomic E-state index is 0.149. The molecule has 2 aliphatic rings. The number of carboxylic acids is 1. The Balaban J connectivity index is 0.000000644. The molecular formula is C31H34F3N5O8. The number of hydroxylamine groups is 1. The maximum Gasteiger partial charge on any atom is 0.490 e. The second-order valence-electron chi connectivity index (χ2n) is 10.8. The molecule has 5 rings (SSSR count). The number of alkyl halides is 3. The van der Waals surface area contributed by atoms with Gasteiger partial charge in [-0.1, -0.05) is 18.2 Å². The molecule has 47 heavy (non-hydrogen) atoms. The highest BCUT2D eigenvalue weighted by atomic mass is 19.4.